The fraction of sp³-hybridized carbons (Fsp3) is 0. The molecule has 0 saturated carbocycles. The van der Waals surface area contributed by atoms with Crippen molar-refractivity contribution in [1.29, 1.82) is 0 Å². The molecule has 0 spiro atoms. The molecule has 1 amide bonds. The molecule has 4 aromatic rings. The fourth-order valence-corrected chi connectivity index (χ4v) is 4.14. The maximum absolute atomic E-state index is 13.8. The third-order valence-electron chi connectivity index (χ3n) is 4.53. The van der Waals surface area contributed by atoms with Crippen molar-refractivity contribution < 1.29 is 17.6 Å². The van der Waals surface area contributed by atoms with Gasteiger partial charge in [-0.15, -0.1) is 0 Å². The number of hydrogen-bond donors (Lipinski definition) is 2. The van der Waals surface area contributed by atoms with Gasteiger partial charge in [-0.1, -0.05) is 48.5 Å². The quantitative estimate of drug-likeness (QED) is 0.475. The van der Waals surface area contributed by atoms with Gasteiger partial charge < -0.3 is 5.32 Å². The Morgan fingerprint density at radius 2 is 1.50 bits per heavy atom. The van der Waals surface area contributed by atoms with Gasteiger partial charge in [-0.25, -0.2) is 12.8 Å². The maximum atomic E-state index is 13.8. The van der Waals surface area contributed by atoms with E-state index in [2.05, 4.69) is 10.0 Å². The van der Waals surface area contributed by atoms with Crippen LogP contribution in [-0.2, 0) is 10.0 Å². The summed E-state index contributed by atoms with van der Waals surface area (Å²) < 4.78 is 41.3. The van der Waals surface area contributed by atoms with E-state index in [-0.39, 0.29) is 16.1 Å². The molecule has 0 atom stereocenters. The molecule has 0 heterocycles. The van der Waals surface area contributed by atoms with Gasteiger partial charge in [0.1, 0.15) is 5.82 Å². The number of nitrogens with one attached hydrogen (secondary N) is 2. The molecule has 30 heavy (non-hydrogen) atoms. The molecule has 0 aliphatic carbocycles. The summed E-state index contributed by atoms with van der Waals surface area (Å²) in [5.41, 5.74) is 0.597. The second-order valence-electron chi connectivity index (χ2n) is 6.63. The first-order valence-corrected chi connectivity index (χ1v) is 10.6. The van der Waals surface area contributed by atoms with Crippen molar-refractivity contribution in [2.45, 2.75) is 4.90 Å². The van der Waals surface area contributed by atoms with Crippen molar-refractivity contribution in [2.75, 3.05) is 10.0 Å². The van der Waals surface area contributed by atoms with Crippen LogP contribution in [0.3, 0.4) is 0 Å². The number of para-hydroxylation sites is 1. The second kappa shape index (κ2) is 7.96. The average Bonchev–Trinajstić information content (AvgIpc) is 2.75. The summed E-state index contributed by atoms with van der Waals surface area (Å²) in [7, 11) is -4.06. The van der Waals surface area contributed by atoms with Crippen molar-refractivity contribution in [3.8, 4) is 0 Å². The van der Waals surface area contributed by atoms with E-state index in [1.807, 2.05) is 36.4 Å². The summed E-state index contributed by atoms with van der Waals surface area (Å²) in [6.45, 7) is 0. The normalized spacial score (nSPS) is 11.2. The Hall–Kier alpha value is -3.71. The van der Waals surface area contributed by atoms with Gasteiger partial charge in [-0.2, -0.15) is 0 Å². The second-order valence-corrected chi connectivity index (χ2v) is 8.31. The van der Waals surface area contributed by atoms with E-state index in [0.29, 0.717) is 5.69 Å². The Morgan fingerprint density at radius 3 is 2.30 bits per heavy atom. The van der Waals surface area contributed by atoms with Gasteiger partial charge in [0.05, 0.1) is 10.6 Å². The molecular formula is C23H17FN2O3S. The Balaban J connectivity index is 1.57. The standard InChI is InChI=1S/C23H17FN2O3S/c24-21-10-3-4-11-22(21)26-30(28,29)20-9-5-8-18(15-20)23(27)25-19-13-12-16-6-1-2-7-17(16)14-19/h1-15,26H,(H,25,27). The van der Waals surface area contributed by atoms with Crippen LogP contribution in [0.15, 0.2) is 95.9 Å². The van der Waals surface area contributed by atoms with Crippen molar-refractivity contribution in [3.05, 3.63) is 102 Å². The zero-order valence-corrected chi connectivity index (χ0v) is 16.5. The molecule has 0 fully saturated rings. The minimum absolute atomic E-state index is 0.142. The van der Waals surface area contributed by atoms with E-state index in [1.165, 1.54) is 42.5 Å². The number of benzene rings is 4. The number of carbonyl (C=O) groups excluding carboxylic acids is 1. The Labute approximate surface area is 173 Å². The highest BCUT2D eigenvalue weighted by molar-refractivity contribution is 7.92. The predicted molar refractivity (Wildman–Crippen MR) is 116 cm³/mol. The predicted octanol–water partition coefficient (Wildman–Crippen LogP) is 5.03. The molecular weight excluding hydrogens is 403 g/mol. The number of anilines is 2. The van der Waals surface area contributed by atoms with E-state index in [9.17, 15) is 17.6 Å². The monoisotopic (exact) mass is 420 g/mol. The van der Waals surface area contributed by atoms with Gasteiger partial charge in [0, 0.05) is 11.3 Å². The van der Waals surface area contributed by atoms with Crippen LogP contribution < -0.4 is 10.0 Å². The zero-order valence-electron chi connectivity index (χ0n) is 15.7. The van der Waals surface area contributed by atoms with Crippen LogP contribution >= 0.6 is 0 Å². The van der Waals surface area contributed by atoms with Gasteiger partial charge in [-0.3, -0.25) is 9.52 Å². The number of sulfonamides is 1. The van der Waals surface area contributed by atoms with Crippen molar-refractivity contribution >= 4 is 38.1 Å². The number of rotatable bonds is 5. The first-order valence-electron chi connectivity index (χ1n) is 9.10. The third-order valence-corrected chi connectivity index (χ3v) is 5.90. The van der Waals surface area contributed by atoms with Crippen molar-refractivity contribution in [2.24, 2.45) is 0 Å². The lowest BCUT2D eigenvalue weighted by atomic mass is 10.1. The van der Waals surface area contributed by atoms with Crippen LogP contribution in [-0.4, -0.2) is 14.3 Å². The molecule has 0 aliphatic rings. The SMILES string of the molecule is O=C(Nc1ccc2ccccc2c1)c1cccc(S(=O)(=O)Nc2ccccc2F)c1. The minimum Gasteiger partial charge on any atom is -0.322 e. The minimum atomic E-state index is -4.06. The fourth-order valence-electron chi connectivity index (χ4n) is 3.02. The zero-order chi connectivity index (χ0) is 21.1. The molecule has 0 saturated heterocycles. The van der Waals surface area contributed by atoms with Gasteiger partial charge in [0.2, 0.25) is 0 Å². The molecule has 5 nitrogen and oxygen atoms in total. The largest absolute Gasteiger partial charge is 0.322 e. The molecule has 2 N–H and O–H groups in total. The number of amides is 1. The molecule has 0 aliphatic heterocycles. The highest BCUT2D eigenvalue weighted by atomic mass is 32.2. The van der Waals surface area contributed by atoms with E-state index in [0.717, 1.165) is 16.8 Å². The number of fused-ring (bicyclic) bond motifs is 1. The summed E-state index contributed by atoms with van der Waals surface area (Å²) in [5, 5.41) is 4.79. The molecule has 150 valence electrons. The summed E-state index contributed by atoms with van der Waals surface area (Å²) in [6, 6.07) is 24.3. The molecule has 4 aromatic carbocycles. The van der Waals surface area contributed by atoms with E-state index in [1.54, 1.807) is 6.07 Å². The van der Waals surface area contributed by atoms with E-state index in [4.69, 9.17) is 0 Å². The lowest BCUT2D eigenvalue weighted by molar-refractivity contribution is 0.102. The van der Waals surface area contributed by atoms with E-state index >= 15 is 0 Å². The van der Waals surface area contributed by atoms with Crippen LogP contribution in [0.2, 0.25) is 0 Å². The molecule has 0 aromatic heterocycles. The van der Waals surface area contributed by atoms with Gasteiger partial charge in [0.25, 0.3) is 15.9 Å². The van der Waals surface area contributed by atoms with Gasteiger partial charge in [-0.05, 0) is 53.2 Å². The number of carbonyl (C=O) groups is 1. The van der Waals surface area contributed by atoms with Crippen LogP contribution in [0.4, 0.5) is 15.8 Å². The first-order chi connectivity index (χ1) is 14.4. The third kappa shape index (κ3) is 4.16. The number of halogens is 1. The smallest absolute Gasteiger partial charge is 0.262 e. The van der Waals surface area contributed by atoms with Gasteiger partial charge in [0.15, 0.2) is 0 Å². The first kappa shape index (κ1) is 19.6. The highest BCUT2D eigenvalue weighted by Crippen LogP contribution is 2.22. The lowest BCUT2D eigenvalue weighted by Gasteiger charge is -2.11. The summed E-state index contributed by atoms with van der Waals surface area (Å²) in [5.74, 6) is -1.14. The summed E-state index contributed by atoms with van der Waals surface area (Å²) in [6.07, 6.45) is 0. The Morgan fingerprint density at radius 1 is 0.767 bits per heavy atom. The van der Waals surface area contributed by atoms with Crippen LogP contribution in [0.5, 0.6) is 0 Å². The molecule has 0 radical (unpaired) electrons. The van der Waals surface area contributed by atoms with Crippen LogP contribution in [0, 0.1) is 5.82 Å². The molecule has 0 bridgehead atoms. The maximum Gasteiger partial charge on any atom is 0.262 e. The molecule has 0 unspecified atom stereocenters. The lowest BCUT2D eigenvalue weighted by Crippen LogP contribution is -2.16. The molecule has 4 rings (SSSR count). The van der Waals surface area contributed by atoms with Crippen LogP contribution in [0.25, 0.3) is 10.8 Å². The Bertz CT molecular complexity index is 1350. The van der Waals surface area contributed by atoms with E-state index < -0.39 is 21.7 Å². The van der Waals surface area contributed by atoms with Gasteiger partial charge >= 0.3 is 0 Å². The topological polar surface area (TPSA) is 75.3 Å². The summed E-state index contributed by atoms with van der Waals surface area (Å²) in [4.78, 5) is 12.5. The van der Waals surface area contributed by atoms with Crippen molar-refractivity contribution in [3.63, 3.8) is 0 Å². The van der Waals surface area contributed by atoms with Crippen LogP contribution in [0.1, 0.15) is 10.4 Å². The average molecular weight is 420 g/mol. The van der Waals surface area contributed by atoms with Crippen molar-refractivity contribution in [1.82, 2.24) is 0 Å². The molecule has 7 heteroatoms. The summed E-state index contributed by atoms with van der Waals surface area (Å²) >= 11 is 0. The Kier molecular flexibility index (Phi) is 5.20. The highest BCUT2D eigenvalue weighted by Gasteiger charge is 2.18. The number of hydrogen-bond acceptors (Lipinski definition) is 3.